The molecular weight excluding hydrogens is 246 g/mol. The van der Waals surface area contributed by atoms with Crippen LogP contribution < -0.4 is 5.73 Å². The maximum absolute atomic E-state index is 6.24. The first kappa shape index (κ1) is 14.0. The Morgan fingerprint density at radius 1 is 0.950 bits per heavy atom. The molecule has 0 saturated heterocycles. The third-order valence-corrected chi connectivity index (χ3v) is 3.04. The van der Waals surface area contributed by atoms with Crippen molar-refractivity contribution in [2.45, 2.75) is 20.8 Å². The number of fused-ring (bicyclic) bond motifs is 3. The second kappa shape index (κ2) is 6.15. The number of nitrogen functional groups attached to an aromatic ring is 1. The van der Waals surface area contributed by atoms with Gasteiger partial charge in [0, 0.05) is 28.7 Å². The molecule has 3 heteroatoms. The van der Waals surface area contributed by atoms with E-state index >= 15 is 0 Å². The minimum Gasteiger partial charge on any atom is -0.398 e. The molecule has 0 radical (unpaired) electrons. The van der Waals surface area contributed by atoms with Crippen molar-refractivity contribution in [1.29, 1.82) is 0 Å². The third kappa shape index (κ3) is 2.23. The van der Waals surface area contributed by atoms with Crippen LogP contribution in [-0.2, 0) is 0 Å². The van der Waals surface area contributed by atoms with Crippen LogP contribution in [0.15, 0.2) is 42.7 Å². The van der Waals surface area contributed by atoms with Crippen molar-refractivity contribution in [3.8, 4) is 0 Å². The molecule has 0 unspecified atom stereocenters. The molecule has 0 aliphatic carbocycles. The zero-order chi connectivity index (χ0) is 14.5. The van der Waals surface area contributed by atoms with Gasteiger partial charge in [-0.05, 0) is 31.2 Å². The highest BCUT2D eigenvalue weighted by atomic mass is 14.7. The first-order valence-electron chi connectivity index (χ1n) is 6.86. The Kier molecular flexibility index (Phi) is 4.31. The van der Waals surface area contributed by atoms with Gasteiger partial charge in [0.05, 0.1) is 16.7 Å². The van der Waals surface area contributed by atoms with Crippen LogP contribution in [0.1, 0.15) is 26.3 Å². The van der Waals surface area contributed by atoms with E-state index in [1.54, 1.807) is 12.4 Å². The van der Waals surface area contributed by atoms with Crippen LogP contribution in [0.3, 0.4) is 0 Å². The fourth-order valence-corrected chi connectivity index (χ4v) is 2.26. The lowest BCUT2D eigenvalue weighted by Crippen LogP contribution is -1.96. The molecule has 0 fully saturated rings. The second-order valence-corrected chi connectivity index (χ2v) is 4.13. The molecule has 3 aromatic rings. The van der Waals surface area contributed by atoms with Crippen molar-refractivity contribution in [3.63, 3.8) is 0 Å². The van der Waals surface area contributed by atoms with Crippen LogP contribution in [0.5, 0.6) is 0 Å². The van der Waals surface area contributed by atoms with E-state index in [0.29, 0.717) is 0 Å². The number of anilines is 1. The minimum atomic E-state index is 0.738. The van der Waals surface area contributed by atoms with Crippen molar-refractivity contribution in [1.82, 2.24) is 9.97 Å². The van der Waals surface area contributed by atoms with E-state index in [9.17, 15) is 0 Å². The molecule has 0 saturated carbocycles. The molecule has 2 heterocycles. The molecule has 0 spiro atoms. The Morgan fingerprint density at radius 2 is 1.55 bits per heavy atom. The number of pyridine rings is 2. The number of hydrogen-bond donors (Lipinski definition) is 1. The monoisotopic (exact) mass is 265 g/mol. The smallest absolute Gasteiger partial charge is 0.0817 e. The van der Waals surface area contributed by atoms with Gasteiger partial charge in [-0.1, -0.05) is 26.0 Å². The zero-order valence-corrected chi connectivity index (χ0v) is 12.1. The molecule has 0 aliphatic heterocycles. The Labute approximate surface area is 119 Å². The number of allylic oxidation sites excluding steroid dienone is 1. The van der Waals surface area contributed by atoms with Crippen molar-refractivity contribution < 1.29 is 0 Å². The van der Waals surface area contributed by atoms with Gasteiger partial charge in [-0.25, -0.2) is 0 Å². The SMILES string of the molecule is C/C=C\c1c(N)c2cccnc2c2cccnc12.CC. The normalized spacial score (nSPS) is 10.8. The van der Waals surface area contributed by atoms with E-state index in [0.717, 1.165) is 33.1 Å². The third-order valence-electron chi connectivity index (χ3n) is 3.04. The van der Waals surface area contributed by atoms with Crippen LogP contribution in [0.25, 0.3) is 27.9 Å². The van der Waals surface area contributed by atoms with Gasteiger partial charge in [0.1, 0.15) is 0 Å². The Balaban J connectivity index is 0.000000704. The largest absolute Gasteiger partial charge is 0.398 e. The molecule has 0 amide bonds. The molecule has 0 bridgehead atoms. The predicted octanol–water partition coefficient (Wildman–Crippen LogP) is 4.42. The highest BCUT2D eigenvalue weighted by Crippen LogP contribution is 2.32. The zero-order valence-electron chi connectivity index (χ0n) is 12.1. The van der Waals surface area contributed by atoms with Gasteiger partial charge in [0.2, 0.25) is 0 Å². The van der Waals surface area contributed by atoms with Crippen LogP contribution in [0, 0.1) is 0 Å². The number of rotatable bonds is 1. The highest BCUT2D eigenvalue weighted by Gasteiger charge is 2.11. The molecule has 2 N–H and O–H groups in total. The standard InChI is InChI=1S/C15H13N3.C2H6/c1-2-5-10-13(16)11-6-3-8-18-15(11)12-7-4-9-17-14(10)12;1-2/h2-9H,16H2,1H3;1-2H3/b5-2-;. The van der Waals surface area contributed by atoms with E-state index in [-0.39, 0.29) is 0 Å². The Bertz CT molecular complexity index is 761. The molecule has 2 aromatic heterocycles. The molecular formula is C17H19N3. The van der Waals surface area contributed by atoms with Gasteiger partial charge in [-0.3, -0.25) is 9.97 Å². The van der Waals surface area contributed by atoms with Crippen LogP contribution in [-0.4, -0.2) is 9.97 Å². The number of benzene rings is 1. The van der Waals surface area contributed by atoms with Gasteiger partial charge in [-0.15, -0.1) is 0 Å². The van der Waals surface area contributed by atoms with E-state index in [4.69, 9.17) is 5.73 Å². The molecule has 102 valence electrons. The number of aromatic nitrogens is 2. The van der Waals surface area contributed by atoms with E-state index in [2.05, 4.69) is 9.97 Å². The van der Waals surface area contributed by atoms with Crippen LogP contribution >= 0.6 is 0 Å². The van der Waals surface area contributed by atoms with E-state index < -0.39 is 0 Å². The second-order valence-electron chi connectivity index (χ2n) is 4.13. The highest BCUT2D eigenvalue weighted by molar-refractivity contribution is 6.13. The first-order chi connectivity index (χ1) is 9.83. The summed E-state index contributed by atoms with van der Waals surface area (Å²) in [4.78, 5) is 8.87. The van der Waals surface area contributed by atoms with Gasteiger partial charge in [0.15, 0.2) is 0 Å². The van der Waals surface area contributed by atoms with Gasteiger partial charge in [-0.2, -0.15) is 0 Å². The quantitative estimate of drug-likeness (QED) is 0.523. The summed E-state index contributed by atoms with van der Waals surface area (Å²) in [6.07, 6.45) is 7.53. The summed E-state index contributed by atoms with van der Waals surface area (Å²) in [7, 11) is 0. The average Bonchev–Trinajstić information content (AvgIpc) is 2.53. The summed E-state index contributed by atoms with van der Waals surface area (Å²) in [6.45, 7) is 5.97. The van der Waals surface area contributed by atoms with Crippen molar-refractivity contribution in [3.05, 3.63) is 48.3 Å². The lowest BCUT2D eigenvalue weighted by atomic mass is 10.0. The molecule has 3 nitrogen and oxygen atoms in total. The lowest BCUT2D eigenvalue weighted by molar-refractivity contribution is 1.39. The first-order valence-corrected chi connectivity index (χ1v) is 6.86. The fourth-order valence-electron chi connectivity index (χ4n) is 2.26. The molecule has 0 aliphatic rings. The van der Waals surface area contributed by atoms with Crippen LogP contribution in [0.2, 0.25) is 0 Å². The number of nitrogens with two attached hydrogens (primary N) is 1. The van der Waals surface area contributed by atoms with Crippen molar-refractivity contribution in [2.75, 3.05) is 5.73 Å². The maximum Gasteiger partial charge on any atom is 0.0817 e. The van der Waals surface area contributed by atoms with Gasteiger partial charge >= 0.3 is 0 Å². The summed E-state index contributed by atoms with van der Waals surface area (Å²) in [5.74, 6) is 0. The Morgan fingerprint density at radius 3 is 2.20 bits per heavy atom. The average molecular weight is 265 g/mol. The topological polar surface area (TPSA) is 51.8 Å². The van der Waals surface area contributed by atoms with Gasteiger partial charge < -0.3 is 5.73 Å². The fraction of sp³-hybridized carbons (Fsp3) is 0.176. The summed E-state index contributed by atoms with van der Waals surface area (Å²) in [5, 5.41) is 2.02. The molecule has 20 heavy (non-hydrogen) atoms. The maximum atomic E-state index is 6.24. The summed E-state index contributed by atoms with van der Waals surface area (Å²) in [5.41, 5.74) is 9.76. The van der Waals surface area contributed by atoms with Crippen molar-refractivity contribution >= 4 is 33.6 Å². The molecule has 0 atom stereocenters. The minimum absolute atomic E-state index is 0.738. The Hall–Kier alpha value is -2.42. The summed E-state index contributed by atoms with van der Waals surface area (Å²) in [6, 6.07) is 7.85. The van der Waals surface area contributed by atoms with Gasteiger partial charge in [0.25, 0.3) is 0 Å². The summed E-state index contributed by atoms with van der Waals surface area (Å²) < 4.78 is 0. The van der Waals surface area contributed by atoms with E-state index in [1.807, 2.05) is 57.2 Å². The van der Waals surface area contributed by atoms with Crippen LogP contribution in [0.4, 0.5) is 5.69 Å². The lowest BCUT2D eigenvalue weighted by Gasteiger charge is -2.10. The number of hydrogen-bond acceptors (Lipinski definition) is 3. The predicted molar refractivity (Wildman–Crippen MR) is 87.5 cm³/mol. The van der Waals surface area contributed by atoms with Crippen molar-refractivity contribution in [2.24, 2.45) is 0 Å². The van der Waals surface area contributed by atoms with E-state index in [1.165, 1.54) is 0 Å². The number of nitrogens with zero attached hydrogens (tertiary/aromatic N) is 2. The molecule has 3 rings (SSSR count). The molecule has 1 aromatic carbocycles. The summed E-state index contributed by atoms with van der Waals surface area (Å²) >= 11 is 0.